The summed E-state index contributed by atoms with van der Waals surface area (Å²) in [5, 5.41) is 31.3. The molecule has 11 heteroatoms. The zero-order chi connectivity index (χ0) is 44.2. The van der Waals surface area contributed by atoms with Crippen LogP contribution >= 0.6 is 0 Å². The monoisotopic (exact) mass is 854 g/mol. The SMILES string of the molecule is COCCOc1cccc(Cn2ccc3cc(Cc4ncc(C5CC5)cc4C(=O)O)ccc32)c1.O=C(O)c1cc(C2CC2)cnc1Cc1ccc2c(ccn2Cc2cccc(O)c2)c1. The zero-order valence-corrected chi connectivity index (χ0v) is 35.7. The Morgan fingerprint density at radius 1 is 0.609 bits per heavy atom. The van der Waals surface area contributed by atoms with Gasteiger partial charge in [0.05, 0.1) is 29.1 Å². The van der Waals surface area contributed by atoms with Crippen molar-refractivity contribution in [1.82, 2.24) is 19.1 Å². The van der Waals surface area contributed by atoms with Crippen LogP contribution in [0.4, 0.5) is 0 Å². The van der Waals surface area contributed by atoms with Gasteiger partial charge in [-0.3, -0.25) is 9.97 Å². The maximum absolute atomic E-state index is 11.8. The summed E-state index contributed by atoms with van der Waals surface area (Å²) in [6, 6.07) is 35.6. The fourth-order valence-corrected chi connectivity index (χ4v) is 8.36. The Hall–Kier alpha value is -7.24. The van der Waals surface area contributed by atoms with Gasteiger partial charge in [0.25, 0.3) is 0 Å². The number of benzene rings is 4. The van der Waals surface area contributed by atoms with Gasteiger partial charge < -0.3 is 33.9 Å². The lowest BCUT2D eigenvalue weighted by Gasteiger charge is -2.10. The first-order valence-electron chi connectivity index (χ1n) is 21.8. The average molecular weight is 855 g/mol. The van der Waals surface area contributed by atoms with Crippen molar-refractivity contribution in [3.05, 3.63) is 190 Å². The van der Waals surface area contributed by atoms with E-state index in [0.717, 1.165) is 93.2 Å². The van der Waals surface area contributed by atoms with Crippen molar-refractivity contribution in [2.24, 2.45) is 0 Å². The number of rotatable bonds is 16. The van der Waals surface area contributed by atoms with E-state index in [2.05, 4.69) is 79.9 Å². The number of aromatic carboxylic acids is 2. The van der Waals surface area contributed by atoms with Crippen LogP contribution < -0.4 is 4.74 Å². The normalized spacial score (nSPS) is 13.5. The lowest BCUT2D eigenvalue weighted by Crippen LogP contribution is -2.07. The van der Waals surface area contributed by atoms with Crippen molar-refractivity contribution in [1.29, 1.82) is 0 Å². The lowest BCUT2D eigenvalue weighted by molar-refractivity contribution is 0.0684. The predicted octanol–water partition coefficient (Wildman–Crippen LogP) is 10.2. The summed E-state index contributed by atoms with van der Waals surface area (Å²) in [4.78, 5) is 32.6. The molecule has 3 N–H and O–H groups in total. The molecule has 0 saturated heterocycles. The highest BCUT2D eigenvalue weighted by atomic mass is 16.5. The van der Waals surface area contributed by atoms with Crippen LogP contribution in [0.1, 0.15) is 103 Å². The fourth-order valence-electron chi connectivity index (χ4n) is 8.36. The van der Waals surface area contributed by atoms with Crippen molar-refractivity contribution in [2.75, 3.05) is 20.3 Å². The summed E-state index contributed by atoms with van der Waals surface area (Å²) in [6.45, 7) is 2.49. The van der Waals surface area contributed by atoms with E-state index in [1.54, 1.807) is 25.3 Å². The highest BCUT2D eigenvalue weighted by Gasteiger charge is 2.27. The molecule has 4 aromatic carbocycles. The number of phenolic OH excluding ortho intramolecular Hbond substituents is 1. The van der Waals surface area contributed by atoms with E-state index in [1.165, 1.54) is 0 Å². The summed E-state index contributed by atoms with van der Waals surface area (Å²) in [5.74, 6) is 0.230. The smallest absolute Gasteiger partial charge is 0.337 e. The average Bonchev–Trinajstić information content (AvgIpc) is 4.24. The third-order valence-corrected chi connectivity index (χ3v) is 12.0. The van der Waals surface area contributed by atoms with Crippen molar-refractivity contribution < 1.29 is 34.4 Å². The molecule has 2 aliphatic carbocycles. The van der Waals surface area contributed by atoms with Crippen LogP contribution in [-0.2, 0) is 30.7 Å². The molecule has 4 aromatic heterocycles. The number of carboxylic acid groups (broad SMARTS) is 2. The molecule has 0 unspecified atom stereocenters. The Labute approximate surface area is 371 Å². The fraction of sp³-hybridized carbons (Fsp3) is 0.245. The molecule has 2 fully saturated rings. The van der Waals surface area contributed by atoms with E-state index in [0.29, 0.717) is 67.0 Å². The maximum atomic E-state index is 11.8. The van der Waals surface area contributed by atoms with E-state index < -0.39 is 11.9 Å². The van der Waals surface area contributed by atoms with Crippen molar-refractivity contribution >= 4 is 33.7 Å². The van der Waals surface area contributed by atoms with Gasteiger partial charge in [-0.2, -0.15) is 0 Å². The number of fused-ring (bicyclic) bond motifs is 2. The third-order valence-electron chi connectivity index (χ3n) is 12.0. The number of aromatic nitrogens is 4. The van der Waals surface area contributed by atoms with E-state index in [-0.39, 0.29) is 5.75 Å². The number of nitrogens with zero attached hydrogens (tertiary/aromatic N) is 4. The highest BCUT2D eigenvalue weighted by Crippen LogP contribution is 2.41. The first-order chi connectivity index (χ1) is 31.2. The minimum absolute atomic E-state index is 0.265. The Balaban J connectivity index is 0.000000163. The van der Waals surface area contributed by atoms with Crippen LogP contribution in [0.15, 0.2) is 134 Å². The Morgan fingerprint density at radius 3 is 1.61 bits per heavy atom. The molecular weight excluding hydrogens is 805 g/mol. The molecule has 0 spiro atoms. The molecule has 0 aliphatic heterocycles. The van der Waals surface area contributed by atoms with Gasteiger partial charge in [0.1, 0.15) is 18.1 Å². The van der Waals surface area contributed by atoms with Gasteiger partial charge in [-0.25, -0.2) is 9.59 Å². The Morgan fingerprint density at radius 2 is 1.12 bits per heavy atom. The minimum Gasteiger partial charge on any atom is -0.508 e. The number of ether oxygens (including phenoxy) is 2. The number of carboxylic acids is 2. The van der Waals surface area contributed by atoms with E-state index in [9.17, 15) is 24.9 Å². The predicted molar refractivity (Wildman–Crippen MR) is 246 cm³/mol. The van der Waals surface area contributed by atoms with Gasteiger partial charge in [0.15, 0.2) is 0 Å². The largest absolute Gasteiger partial charge is 0.508 e. The van der Waals surface area contributed by atoms with Crippen LogP contribution in [0.2, 0.25) is 0 Å². The standard InChI is InChI=1S/C28H28N2O4.C25H22N2O3/c1-33-11-12-34-24-4-2-3-20(14-24)18-30-10-9-22-13-19(5-8-27(22)30)15-26-25(28(31)32)16-23(17-29-26)21-6-7-21;28-21-3-1-2-17(11-21)15-27-9-8-19-10-16(4-7-24(19)27)12-23-22(25(29)30)13-20(14-26-23)18-5-6-18/h2-5,8-10,13-14,16-17,21H,6-7,11-12,15,18H2,1H3,(H,31,32);1-4,7-11,13-14,18,28H,5-6,12,15H2,(H,29,30). The first kappa shape index (κ1) is 42.1. The van der Waals surface area contributed by atoms with Gasteiger partial charge in [-0.1, -0.05) is 36.4 Å². The quantitative estimate of drug-likeness (QED) is 0.0808. The highest BCUT2D eigenvalue weighted by molar-refractivity contribution is 5.90. The van der Waals surface area contributed by atoms with E-state index in [1.807, 2.05) is 55.0 Å². The van der Waals surface area contributed by atoms with Crippen LogP contribution in [0, 0.1) is 0 Å². The molecule has 4 heterocycles. The second-order valence-corrected chi connectivity index (χ2v) is 16.9. The summed E-state index contributed by atoms with van der Waals surface area (Å²) < 4.78 is 15.1. The second-order valence-electron chi connectivity index (χ2n) is 16.9. The molecule has 11 nitrogen and oxygen atoms in total. The molecule has 8 aromatic rings. The van der Waals surface area contributed by atoms with Gasteiger partial charge in [-0.15, -0.1) is 0 Å². The topological polar surface area (TPSA) is 149 Å². The molecule has 2 aliphatic rings. The Kier molecular flexibility index (Phi) is 12.2. The van der Waals surface area contributed by atoms with Crippen molar-refractivity contribution in [3.63, 3.8) is 0 Å². The molecule has 324 valence electrons. The summed E-state index contributed by atoms with van der Waals surface area (Å²) in [6.07, 6.45) is 13.3. The summed E-state index contributed by atoms with van der Waals surface area (Å²) in [5.41, 5.74) is 10.4. The molecule has 0 radical (unpaired) electrons. The third kappa shape index (κ3) is 10.0. The molecule has 10 rings (SSSR count). The van der Waals surface area contributed by atoms with Gasteiger partial charge >= 0.3 is 11.9 Å². The number of carbonyl (C=O) groups is 2. The van der Waals surface area contributed by atoms with Crippen LogP contribution in [-0.4, -0.2) is 66.7 Å². The van der Waals surface area contributed by atoms with Crippen LogP contribution in [0.25, 0.3) is 21.8 Å². The number of methoxy groups -OCH3 is 1. The number of hydrogen-bond acceptors (Lipinski definition) is 7. The zero-order valence-electron chi connectivity index (χ0n) is 35.7. The number of aromatic hydroxyl groups is 1. The lowest BCUT2D eigenvalue weighted by atomic mass is 10.0. The molecule has 64 heavy (non-hydrogen) atoms. The van der Waals surface area contributed by atoms with Gasteiger partial charge in [-0.05, 0) is 154 Å². The first-order valence-corrected chi connectivity index (χ1v) is 21.8. The molecular formula is C53H50N4O7. The van der Waals surface area contributed by atoms with Gasteiger partial charge in [0.2, 0.25) is 0 Å². The summed E-state index contributed by atoms with van der Waals surface area (Å²) >= 11 is 0. The number of pyridine rings is 2. The molecule has 2 saturated carbocycles. The molecule has 0 amide bonds. The summed E-state index contributed by atoms with van der Waals surface area (Å²) in [7, 11) is 1.66. The molecule has 0 atom stereocenters. The number of hydrogen-bond donors (Lipinski definition) is 3. The maximum Gasteiger partial charge on any atom is 0.337 e. The molecule has 0 bridgehead atoms. The van der Waals surface area contributed by atoms with E-state index >= 15 is 0 Å². The second kappa shape index (κ2) is 18.6. The Bertz CT molecular complexity index is 2980. The van der Waals surface area contributed by atoms with Crippen LogP contribution in [0.5, 0.6) is 11.5 Å². The van der Waals surface area contributed by atoms with Crippen molar-refractivity contribution in [3.8, 4) is 11.5 Å². The van der Waals surface area contributed by atoms with Crippen molar-refractivity contribution in [2.45, 2.75) is 63.5 Å². The van der Waals surface area contributed by atoms with Crippen LogP contribution in [0.3, 0.4) is 0 Å². The van der Waals surface area contributed by atoms with E-state index in [4.69, 9.17) is 9.47 Å². The number of phenols is 1. The minimum atomic E-state index is -0.918. The van der Waals surface area contributed by atoms with Gasteiger partial charge in [0, 0.05) is 68.9 Å².